The Kier molecular flexibility index (Phi) is 6.68. The SMILES string of the molecule is CC(N)(CO)c1ccc2c(Cl)c(OC3CCC(C(C)(C)C)CC3)c(Cl)c(Cl)c2c1. The van der Waals surface area contributed by atoms with Gasteiger partial charge in [-0.25, -0.2) is 0 Å². The van der Waals surface area contributed by atoms with Crippen molar-refractivity contribution in [2.45, 2.75) is 65.0 Å². The van der Waals surface area contributed by atoms with E-state index in [0.29, 0.717) is 37.5 Å². The summed E-state index contributed by atoms with van der Waals surface area (Å²) in [5.74, 6) is 1.15. The smallest absolute Gasteiger partial charge is 0.159 e. The third-order valence-corrected chi connectivity index (χ3v) is 7.48. The van der Waals surface area contributed by atoms with E-state index >= 15 is 0 Å². The summed E-state index contributed by atoms with van der Waals surface area (Å²) >= 11 is 19.9. The van der Waals surface area contributed by atoms with E-state index in [1.807, 2.05) is 18.2 Å². The summed E-state index contributed by atoms with van der Waals surface area (Å²) in [7, 11) is 0. The van der Waals surface area contributed by atoms with Gasteiger partial charge < -0.3 is 15.6 Å². The number of hydrogen-bond acceptors (Lipinski definition) is 3. The van der Waals surface area contributed by atoms with Gasteiger partial charge >= 0.3 is 0 Å². The molecular formula is C23H30Cl3NO2. The molecule has 0 heterocycles. The summed E-state index contributed by atoms with van der Waals surface area (Å²) in [6.45, 7) is 8.47. The molecule has 1 atom stereocenters. The van der Waals surface area contributed by atoms with Crippen LogP contribution in [0.2, 0.25) is 15.1 Å². The lowest BCUT2D eigenvalue weighted by atomic mass is 9.72. The Morgan fingerprint density at radius 3 is 2.14 bits per heavy atom. The minimum Gasteiger partial charge on any atom is -0.487 e. The highest BCUT2D eigenvalue weighted by atomic mass is 35.5. The Bertz CT molecular complexity index is 897. The molecule has 2 aromatic carbocycles. The fraction of sp³-hybridized carbons (Fsp3) is 0.565. The molecular weight excluding hydrogens is 429 g/mol. The number of benzene rings is 2. The van der Waals surface area contributed by atoms with Crippen molar-refractivity contribution in [2.24, 2.45) is 17.1 Å². The van der Waals surface area contributed by atoms with Crippen LogP contribution in [0.15, 0.2) is 18.2 Å². The van der Waals surface area contributed by atoms with Crippen molar-refractivity contribution < 1.29 is 9.84 Å². The average molecular weight is 459 g/mol. The standard InChI is InChI=1S/C23H30Cl3NO2/c1-22(2,3)13-5-8-15(9-6-13)29-21-19(25)16-10-7-14(23(4,27)12-28)11-17(16)18(24)20(21)26/h7,10-11,13,15,28H,5-6,8-9,12,27H2,1-4H3. The van der Waals surface area contributed by atoms with Crippen molar-refractivity contribution in [3.8, 4) is 5.75 Å². The van der Waals surface area contributed by atoms with Gasteiger partial charge in [-0.1, -0.05) is 67.7 Å². The number of ether oxygens (including phenoxy) is 1. The molecule has 29 heavy (non-hydrogen) atoms. The highest BCUT2D eigenvalue weighted by molar-refractivity contribution is 6.49. The second-order valence-electron chi connectivity index (χ2n) is 9.56. The normalized spacial score (nSPS) is 22.5. The van der Waals surface area contributed by atoms with Crippen LogP contribution < -0.4 is 10.5 Å². The van der Waals surface area contributed by atoms with Gasteiger partial charge in [-0.05, 0) is 55.6 Å². The summed E-state index contributed by atoms with van der Waals surface area (Å²) in [6, 6.07) is 5.55. The number of aliphatic hydroxyl groups excluding tert-OH is 1. The van der Waals surface area contributed by atoms with Crippen LogP contribution in [0.3, 0.4) is 0 Å². The van der Waals surface area contributed by atoms with Gasteiger partial charge in [0.2, 0.25) is 0 Å². The maximum atomic E-state index is 9.56. The largest absolute Gasteiger partial charge is 0.487 e. The van der Waals surface area contributed by atoms with E-state index in [0.717, 1.165) is 36.6 Å². The van der Waals surface area contributed by atoms with Crippen LogP contribution >= 0.6 is 34.8 Å². The third kappa shape index (κ3) is 4.65. The van der Waals surface area contributed by atoms with Crippen molar-refractivity contribution in [2.75, 3.05) is 6.61 Å². The second kappa shape index (κ2) is 8.43. The van der Waals surface area contributed by atoms with Crippen LogP contribution in [0.4, 0.5) is 0 Å². The zero-order chi connectivity index (χ0) is 21.6. The molecule has 0 radical (unpaired) electrons. The molecule has 1 aliphatic rings. The predicted molar refractivity (Wildman–Crippen MR) is 123 cm³/mol. The number of nitrogens with two attached hydrogens (primary N) is 1. The van der Waals surface area contributed by atoms with Crippen LogP contribution in [0.25, 0.3) is 10.8 Å². The van der Waals surface area contributed by atoms with E-state index in [1.54, 1.807) is 6.92 Å². The van der Waals surface area contributed by atoms with Crippen LogP contribution in [-0.2, 0) is 5.54 Å². The topological polar surface area (TPSA) is 55.5 Å². The van der Waals surface area contributed by atoms with E-state index in [1.165, 1.54) is 0 Å². The molecule has 0 saturated heterocycles. The Balaban J connectivity index is 1.91. The molecule has 0 aromatic heterocycles. The van der Waals surface area contributed by atoms with Crippen molar-refractivity contribution in [1.29, 1.82) is 0 Å². The van der Waals surface area contributed by atoms with Crippen LogP contribution in [-0.4, -0.2) is 17.8 Å². The Morgan fingerprint density at radius 1 is 0.966 bits per heavy atom. The molecule has 6 heteroatoms. The molecule has 3 N–H and O–H groups in total. The lowest BCUT2D eigenvalue weighted by Gasteiger charge is -2.37. The number of aliphatic hydroxyl groups is 1. The van der Waals surface area contributed by atoms with E-state index in [9.17, 15) is 5.11 Å². The summed E-state index contributed by atoms with van der Waals surface area (Å²) in [5.41, 5.74) is 6.36. The first-order chi connectivity index (χ1) is 13.5. The minimum absolute atomic E-state index is 0.0816. The average Bonchev–Trinajstić information content (AvgIpc) is 2.68. The molecule has 2 aromatic rings. The Hall–Kier alpha value is -0.710. The van der Waals surface area contributed by atoms with Gasteiger partial charge in [0.15, 0.2) is 5.75 Å². The maximum Gasteiger partial charge on any atom is 0.159 e. The maximum absolute atomic E-state index is 9.56. The molecule has 160 valence electrons. The third-order valence-electron chi connectivity index (χ3n) is 6.26. The van der Waals surface area contributed by atoms with E-state index in [2.05, 4.69) is 20.8 Å². The molecule has 1 unspecified atom stereocenters. The molecule has 0 bridgehead atoms. The number of halogens is 3. The Morgan fingerprint density at radius 2 is 1.59 bits per heavy atom. The second-order valence-corrected chi connectivity index (χ2v) is 10.7. The number of fused-ring (bicyclic) bond motifs is 1. The highest BCUT2D eigenvalue weighted by Crippen LogP contribution is 2.47. The highest BCUT2D eigenvalue weighted by Gasteiger charge is 2.31. The first-order valence-electron chi connectivity index (χ1n) is 10.1. The zero-order valence-corrected chi connectivity index (χ0v) is 19.8. The zero-order valence-electron chi connectivity index (χ0n) is 17.5. The molecule has 0 amide bonds. The summed E-state index contributed by atoms with van der Waals surface area (Å²) in [6.07, 6.45) is 4.29. The van der Waals surface area contributed by atoms with Gasteiger partial charge in [-0.2, -0.15) is 0 Å². The lowest BCUT2D eigenvalue weighted by Crippen LogP contribution is -2.36. The molecule has 3 nitrogen and oxygen atoms in total. The van der Waals surface area contributed by atoms with Crippen LogP contribution in [0.1, 0.15) is 58.9 Å². The number of hydrogen-bond donors (Lipinski definition) is 2. The first-order valence-corrected chi connectivity index (χ1v) is 11.3. The molecule has 0 spiro atoms. The van der Waals surface area contributed by atoms with Crippen molar-refractivity contribution in [3.63, 3.8) is 0 Å². The van der Waals surface area contributed by atoms with Crippen molar-refractivity contribution in [3.05, 3.63) is 38.8 Å². The summed E-state index contributed by atoms with van der Waals surface area (Å²) in [5, 5.41) is 12.2. The van der Waals surface area contributed by atoms with Gasteiger partial charge in [-0.15, -0.1) is 0 Å². The van der Waals surface area contributed by atoms with Crippen LogP contribution in [0, 0.1) is 11.3 Å². The van der Waals surface area contributed by atoms with Gasteiger partial charge in [0.05, 0.1) is 28.3 Å². The summed E-state index contributed by atoms with van der Waals surface area (Å²) in [4.78, 5) is 0. The fourth-order valence-electron chi connectivity index (χ4n) is 4.12. The quantitative estimate of drug-likeness (QED) is 0.487. The van der Waals surface area contributed by atoms with Gasteiger partial charge in [0, 0.05) is 10.8 Å². The van der Waals surface area contributed by atoms with Crippen molar-refractivity contribution >= 4 is 45.6 Å². The van der Waals surface area contributed by atoms with Gasteiger partial charge in [-0.3, -0.25) is 0 Å². The number of rotatable bonds is 4. The lowest BCUT2D eigenvalue weighted by molar-refractivity contribution is 0.0884. The van der Waals surface area contributed by atoms with Gasteiger partial charge in [0.25, 0.3) is 0 Å². The van der Waals surface area contributed by atoms with Crippen molar-refractivity contribution in [1.82, 2.24) is 0 Å². The molecule has 0 aliphatic heterocycles. The van der Waals surface area contributed by atoms with Gasteiger partial charge in [0.1, 0.15) is 5.02 Å². The predicted octanol–water partition coefficient (Wildman–Crippen LogP) is 6.95. The fourth-order valence-corrected chi connectivity index (χ4v) is 4.95. The molecule has 1 fully saturated rings. The monoisotopic (exact) mass is 457 g/mol. The summed E-state index contributed by atoms with van der Waals surface area (Å²) < 4.78 is 6.27. The molecule has 3 rings (SSSR count). The molecule has 1 aliphatic carbocycles. The van der Waals surface area contributed by atoms with E-state index < -0.39 is 5.54 Å². The van der Waals surface area contributed by atoms with Crippen LogP contribution in [0.5, 0.6) is 5.75 Å². The van der Waals surface area contributed by atoms with E-state index in [4.69, 9.17) is 45.3 Å². The van der Waals surface area contributed by atoms with E-state index in [-0.39, 0.29) is 12.7 Å². The minimum atomic E-state index is -0.878. The Labute approximate surface area is 188 Å². The molecule has 1 saturated carbocycles. The first kappa shape index (κ1) is 23.0.